The quantitative estimate of drug-likeness (QED) is 0.457. The summed E-state index contributed by atoms with van der Waals surface area (Å²) in [5, 5.41) is 0. The summed E-state index contributed by atoms with van der Waals surface area (Å²) < 4.78 is 12.8. The van der Waals surface area contributed by atoms with Gasteiger partial charge in [0.25, 0.3) is 0 Å². The molecule has 3 atom stereocenters. The third-order valence-corrected chi connectivity index (χ3v) is 3.52. The fraction of sp³-hybridized carbons (Fsp3) is 0.455. The van der Waals surface area contributed by atoms with Crippen LogP contribution in [0.2, 0.25) is 0 Å². The fourth-order valence-electron chi connectivity index (χ4n) is 2.36. The van der Waals surface area contributed by atoms with Crippen LogP contribution in [0.5, 0.6) is 0 Å². The van der Waals surface area contributed by atoms with Gasteiger partial charge in [0, 0.05) is 0 Å². The van der Waals surface area contributed by atoms with Crippen molar-refractivity contribution in [2.45, 2.75) is 39.5 Å². The van der Waals surface area contributed by atoms with Crippen molar-refractivity contribution in [1.29, 1.82) is 0 Å². The molecule has 0 nitrogen and oxygen atoms in total. The molecule has 0 saturated carbocycles. The smallest absolute Gasteiger partial charge is 0.0897 e. The first-order valence-corrected chi connectivity index (χ1v) is 7.95. The van der Waals surface area contributed by atoms with Crippen molar-refractivity contribution >= 4 is 0 Å². The highest BCUT2D eigenvalue weighted by Crippen LogP contribution is 2.26. The number of allylic oxidation sites excluding steroid dienone is 2. The molecular weight excluding hydrogens is 283 g/mol. The topological polar surface area (TPSA) is 0 Å². The van der Waals surface area contributed by atoms with Gasteiger partial charge in [0.05, 0.1) is 6.67 Å². The van der Waals surface area contributed by atoms with Gasteiger partial charge in [-0.2, -0.15) is 0 Å². The van der Waals surface area contributed by atoms with Gasteiger partial charge in [0.15, 0.2) is 0 Å². The Morgan fingerprint density at radius 2 is 1.57 bits per heavy atom. The van der Waals surface area contributed by atoms with E-state index in [1.165, 1.54) is 0 Å². The third kappa shape index (κ3) is 11.9. The van der Waals surface area contributed by atoms with Crippen LogP contribution in [0.4, 0.5) is 4.39 Å². The average molecular weight is 308 g/mol. The Labute approximate surface area is 140 Å². The highest BCUT2D eigenvalue weighted by atomic mass is 19.1. The van der Waals surface area contributed by atoms with Crippen LogP contribution in [0.15, 0.2) is 71.2 Å². The van der Waals surface area contributed by atoms with Crippen LogP contribution < -0.4 is 0 Å². The molecule has 1 heteroatoms. The Balaban J connectivity index is 4.96. The lowest BCUT2D eigenvalue weighted by atomic mass is 9.84. The van der Waals surface area contributed by atoms with E-state index < -0.39 is 0 Å². The number of alkyl halides is 1. The summed E-state index contributed by atoms with van der Waals surface area (Å²) in [6.07, 6.45) is 7.36. The van der Waals surface area contributed by atoms with Gasteiger partial charge in [-0.3, -0.25) is 4.39 Å². The van der Waals surface area contributed by atoms with Gasteiger partial charge in [-0.05, 0) is 91.7 Å². The van der Waals surface area contributed by atoms with Crippen LogP contribution in [0.25, 0.3) is 0 Å². The molecule has 0 rings (SSSR count). The predicted molar refractivity (Wildman–Crippen MR) is 94.8 cm³/mol. The van der Waals surface area contributed by atoms with E-state index >= 15 is 0 Å². The minimum atomic E-state index is -0.287. The molecule has 23 heavy (non-hydrogen) atoms. The van der Waals surface area contributed by atoms with E-state index in [0.717, 1.165) is 19.3 Å². The van der Waals surface area contributed by atoms with Gasteiger partial charge in [-0.15, -0.1) is 0 Å². The van der Waals surface area contributed by atoms with E-state index in [2.05, 4.69) is 72.9 Å². The van der Waals surface area contributed by atoms with Crippen LogP contribution in [-0.2, 0) is 0 Å². The molecule has 0 aromatic rings. The second-order valence-electron chi connectivity index (χ2n) is 5.44. The van der Waals surface area contributed by atoms with Crippen molar-refractivity contribution in [3.05, 3.63) is 71.2 Å². The van der Waals surface area contributed by atoms with E-state index in [4.69, 9.17) is 0 Å². The standard InChI is InChI=1S/C22H25F/c1-5-8-10-12-14-20(4)18-22(16-17-23)19-21(7-3)15-13-11-9-6-2/h14-15,20-22H,1-2,7,16-19H2,3-4H3. The molecule has 0 aromatic carbocycles. The van der Waals surface area contributed by atoms with Crippen LogP contribution >= 0.6 is 0 Å². The van der Waals surface area contributed by atoms with Gasteiger partial charge >= 0.3 is 0 Å². The maximum absolute atomic E-state index is 12.8. The largest absolute Gasteiger partial charge is 0.251 e. The van der Waals surface area contributed by atoms with Crippen molar-refractivity contribution < 1.29 is 4.39 Å². The van der Waals surface area contributed by atoms with E-state index in [0.29, 0.717) is 24.2 Å². The van der Waals surface area contributed by atoms with E-state index in [-0.39, 0.29) is 6.67 Å². The minimum Gasteiger partial charge on any atom is -0.251 e. The summed E-state index contributed by atoms with van der Waals surface area (Å²) >= 11 is 0. The molecule has 0 aliphatic rings. The zero-order chi connectivity index (χ0) is 17.3. The first-order chi connectivity index (χ1) is 11.2. The maximum atomic E-state index is 12.8. The third-order valence-electron chi connectivity index (χ3n) is 3.52. The Hall–Kier alpha value is -2.35. The second-order valence-corrected chi connectivity index (χ2v) is 5.44. The lowest BCUT2D eigenvalue weighted by Gasteiger charge is -2.21. The molecule has 0 heterocycles. The van der Waals surface area contributed by atoms with E-state index in [9.17, 15) is 4.39 Å². The lowest BCUT2D eigenvalue weighted by Crippen LogP contribution is -2.11. The Morgan fingerprint density at radius 1 is 0.957 bits per heavy atom. The van der Waals surface area contributed by atoms with Crippen molar-refractivity contribution in [1.82, 2.24) is 0 Å². The molecule has 0 amide bonds. The van der Waals surface area contributed by atoms with Crippen LogP contribution in [0.1, 0.15) is 39.5 Å². The molecule has 0 aliphatic carbocycles. The molecule has 3 unspecified atom stereocenters. The van der Waals surface area contributed by atoms with Crippen molar-refractivity contribution in [3.63, 3.8) is 0 Å². The number of hydrogen-bond donors (Lipinski definition) is 0. The maximum Gasteiger partial charge on any atom is 0.0897 e. The number of rotatable bonds is 9. The summed E-state index contributed by atoms with van der Waals surface area (Å²) in [7, 11) is 0. The molecule has 0 radical (unpaired) electrons. The summed E-state index contributed by atoms with van der Waals surface area (Å²) in [4.78, 5) is 0. The monoisotopic (exact) mass is 308 g/mol. The summed E-state index contributed by atoms with van der Waals surface area (Å²) in [5.74, 6) is 1.00. The Morgan fingerprint density at radius 3 is 2.09 bits per heavy atom. The highest BCUT2D eigenvalue weighted by molar-refractivity contribution is 4.92. The van der Waals surface area contributed by atoms with Gasteiger partial charge < -0.3 is 0 Å². The Kier molecular flexibility index (Phi) is 13.1. The highest BCUT2D eigenvalue weighted by Gasteiger charge is 2.15. The normalized spacial score (nSPS) is 12.3. The van der Waals surface area contributed by atoms with Gasteiger partial charge in [0.1, 0.15) is 0 Å². The molecular formula is C22H25F. The molecule has 0 N–H and O–H groups in total. The second kappa shape index (κ2) is 14.6. The average Bonchev–Trinajstić information content (AvgIpc) is 2.54. The lowest BCUT2D eigenvalue weighted by molar-refractivity contribution is 0.303. The van der Waals surface area contributed by atoms with Gasteiger partial charge in [-0.1, -0.05) is 36.8 Å². The molecule has 0 aromatic heterocycles. The van der Waals surface area contributed by atoms with Crippen LogP contribution in [0, 0.1) is 17.8 Å². The van der Waals surface area contributed by atoms with E-state index in [1.807, 2.05) is 12.2 Å². The van der Waals surface area contributed by atoms with Gasteiger partial charge in [0.2, 0.25) is 0 Å². The van der Waals surface area contributed by atoms with Gasteiger partial charge in [-0.25, -0.2) is 0 Å². The zero-order valence-corrected chi connectivity index (χ0v) is 14.2. The van der Waals surface area contributed by atoms with E-state index in [1.54, 1.807) is 0 Å². The predicted octanol–water partition coefficient (Wildman–Crippen LogP) is 6.02. The minimum absolute atomic E-state index is 0.287. The fourth-order valence-corrected chi connectivity index (χ4v) is 2.36. The summed E-state index contributed by atoms with van der Waals surface area (Å²) in [5.41, 5.74) is 21.5. The van der Waals surface area contributed by atoms with Crippen molar-refractivity contribution in [2.24, 2.45) is 17.8 Å². The number of halogens is 1. The molecule has 120 valence electrons. The van der Waals surface area contributed by atoms with Crippen LogP contribution in [0.3, 0.4) is 0 Å². The SMILES string of the molecule is C=C=C=C=C=CC(C)CC(CCF)CC(C=C=C=C=C=C)CC. The first kappa shape index (κ1) is 20.6. The Bertz CT molecular complexity index is 647. The summed E-state index contributed by atoms with van der Waals surface area (Å²) in [6.45, 7) is 10.8. The number of hydrogen-bond acceptors (Lipinski definition) is 0. The molecule has 0 bridgehead atoms. The first-order valence-electron chi connectivity index (χ1n) is 7.95. The summed E-state index contributed by atoms with van der Waals surface area (Å²) in [6, 6.07) is 0. The molecule has 0 aliphatic heterocycles. The van der Waals surface area contributed by atoms with Crippen molar-refractivity contribution in [2.75, 3.05) is 6.67 Å². The molecule has 0 fully saturated rings. The molecule has 0 spiro atoms. The van der Waals surface area contributed by atoms with Crippen LogP contribution in [-0.4, -0.2) is 6.67 Å². The zero-order valence-electron chi connectivity index (χ0n) is 14.2. The van der Waals surface area contributed by atoms with Crippen molar-refractivity contribution in [3.8, 4) is 0 Å². The molecule has 0 saturated heterocycles.